The first-order chi connectivity index (χ1) is 20.8. The summed E-state index contributed by atoms with van der Waals surface area (Å²) in [6, 6.07) is 3.45. The minimum absolute atomic E-state index is 0.0329. The number of anilines is 1. The lowest BCUT2D eigenvalue weighted by molar-refractivity contribution is -0.148. The molecule has 0 saturated carbocycles. The monoisotopic (exact) mass is 629 g/mol. The van der Waals surface area contributed by atoms with E-state index in [1.54, 1.807) is 32.9 Å². The van der Waals surface area contributed by atoms with Gasteiger partial charge in [-0.1, -0.05) is 38.2 Å². The van der Waals surface area contributed by atoms with E-state index < -0.39 is 29.2 Å². The van der Waals surface area contributed by atoms with Crippen LogP contribution >= 0.6 is 0 Å². The van der Waals surface area contributed by atoms with Gasteiger partial charge in [-0.15, -0.1) is 0 Å². The molecule has 0 aliphatic carbocycles. The highest BCUT2D eigenvalue weighted by molar-refractivity contribution is 5.97. The minimum Gasteiger partial charge on any atom is -0.458 e. The number of amides is 1. The van der Waals surface area contributed by atoms with Gasteiger partial charge in [0.1, 0.15) is 24.4 Å². The van der Waals surface area contributed by atoms with Gasteiger partial charge >= 0.3 is 12.1 Å². The summed E-state index contributed by atoms with van der Waals surface area (Å²) >= 11 is 0. The van der Waals surface area contributed by atoms with E-state index in [4.69, 9.17) is 33.3 Å². The third-order valence-corrected chi connectivity index (χ3v) is 7.96. The van der Waals surface area contributed by atoms with Crippen LogP contribution in [0.5, 0.6) is 0 Å². The molecule has 1 aromatic rings. The lowest BCUT2D eigenvalue weighted by atomic mass is 9.94. The number of carbonyl (C=O) groups is 2. The van der Waals surface area contributed by atoms with E-state index in [-0.39, 0.29) is 42.9 Å². The summed E-state index contributed by atoms with van der Waals surface area (Å²) < 4.78 is 35.8. The van der Waals surface area contributed by atoms with Crippen molar-refractivity contribution < 1.29 is 42.8 Å². The number of nitrogens with zero attached hydrogens (tertiary/aromatic N) is 1. The molecule has 0 radical (unpaired) electrons. The molecule has 4 rings (SSSR count). The van der Waals surface area contributed by atoms with Crippen molar-refractivity contribution in [2.24, 2.45) is 11.8 Å². The number of carbonyl (C=O) groups excluding carboxylic acids is 2. The number of hydrogen-bond donors (Lipinski definition) is 0. The zero-order chi connectivity index (χ0) is 33.3. The molecule has 2 fully saturated rings. The van der Waals surface area contributed by atoms with E-state index in [2.05, 4.69) is 19.1 Å². The largest absolute Gasteiger partial charge is 0.458 e. The van der Waals surface area contributed by atoms with Crippen LogP contribution in [0.2, 0.25) is 0 Å². The Bertz CT molecular complexity index is 1290. The lowest BCUT2D eigenvalue weighted by Crippen LogP contribution is -2.39. The number of ether oxygens (including phenoxy) is 6. The summed E-state index contributed by atoms with van der Waals surface area (Å²) in [5.74, 6) is -1.85. The van der Waals surface area contributed by atoms with Crippen LogP contribution < -0.4 is 5.06 Å². The first kappa shape index (κ1) is 35.1. The van der Waals surface area contributed by atoms with Gasteiger partial charge in [-0.3, -0.25) is 4.84 Å². The second-order valence-electron chi connectivity index (χ2n) is 14.2. The van der Waals surface area contributed by atoms with Crippen LogP contribution in [-0.2, 0) is 33.3 Å². The Labute approximate surface area is 267 Å². The summed E-state index contributed by atoms with van der Waals surface area (Å²) in [5, 5.41) is 1.11. The minimum atomic E-state index is -0.772. The van der Waals surface area contributed by atoms with Gasteiger partial charge in [-0.25, -0.2) is 9.59 Å². The molecule has 1 aromatic carbocycles. The number of hydrogen-bond acceptors (Lipinski definition) is 9. The number of aryl methyl sites for hydroxylation is 1. The quantitative estimate of drug-likeness (QED) is 0.196. The Hall–Kier alpha value is -2.76. The molecule has 1 unspecified atom stereocenters. The zero-order valence-electron chi connectivity index (χ0n) is 28.7. The third kappa shape index (κ3) is 9.16. The zero-order valence-corrected chi connectivity index (χ0v) is 28.7. The predicted octanol–water partition coefficient (Wildman–Crippen LogP) is 7.13. The van der Waals surface area contributed by atoms with Gasteiger partial charge in [0.15, 0.2) is 11.6 Å². The van der Waals surface area contributed by atoms with Crippen molar-refractivity contribution in [2.45, 2.75) is 124 Å². The maximum Gasteiger partial charge on any atom is 0.439 e. The molecule has 0 aromatic heterocycles. The Kier molecular flexibility index (Phi) is 10.6. The van der Waals surface area contributed by atoms with Crippen molar-refractivity contribution in [1.29, 1.82) is 0 Å². The second kappa shape index (κ2) is 13.5. The number of hydroxylamine groups is 1. The van der Waals surface area contributed by atoms with Gasteiger partial charge < -0.3 is 28.4 Å². The average molecular weight is 630 g/mol. The van der Waals surface area contributed by atoms with Gasteiger partial charge in [-0.05, 0) is 92.0 Å². The molecule has 10 heteroatoms. The maximum atomic E-state index is 13.7. The normalized spacial score (nSPS) is 30.5. The molecule has 3 aliphatic heterocycles. The highest BCUT2D eigenvalue weighted by Gasteiger charge is 2.42. The molecule has 1 amide bonds. The van der Waals surface area contributed by atoms with Gasteiger partial charge in [0.05, 0.1) is 30.1 Å². The summed E-state index contributed by atoms with van der Waals surface area (Å²) in [4.78, 5) is 33.2. The van der Waals surface area contributed by atoms with Gasteiger partial charge in [0.25, 0.3) is 0 Å². The van der Waals surface area contributed by atoms with Crippen LogP contribution in [0.4, 0.5) is 10.5 Å². The van der Waals surface area contributed by atoms with Gasteiger partial charge in [0.2, 0.25) is 0 Å². The molecule has 10 nitrogen and oxygen atoms in total. The summed E-state index contributed by atoms with van der Waals surface area (Å²) in [7, 11) is 0. The predicted molar refractivity (Wildman–Crippen MR) is 171 cm³/mol. The highest BCUT2D eigenvalue weighted by Crippen LogP contribution is 2.36. The molecule has 3 aliphatic rings. The van der Waals surface area contributed by atoms with Crippen LogP contribution in [-0.4, -0.2) is 66.9 Å². The maximum absolute atomic E-state index is 13.7. The Morgan fingerprint density at radius 2 is 1.69 bits per heavy atom. The molecular weight excluding hydrogens is 578 g/mol. The fourth-order valence-corrected chi connectivity index (χ4v) is 5.63. The van der Waals surface area contributed by atoms with E-state index in [1.807, 2.05) is 60.6 Å². The van der Waals surface area contributed by atoms with Crippen LogP contribution in [0.25, 0.3) is 6.08 Å². The Balaban J connectivity index is 1.73. The number of rotatable bonds is 4. The van der Waals surface area contributed by atoms with Crippen molar-refractivity contribution in [3.05, 3.63) is 47.1 Å². The molecule has 0 bridgehead atoms. The second-order valence-corrected chi connectivity index (χ2v) is 14.2. The molecule has 45 heavy (non-hydrogen) atoms. The van der Waals surface area contributed by atoms with Crippen LogP contribution in [0.15, 0.2) is 30.4 Å². The van der Waals surface area contributed by atoms with Gasteiger partial charge in [0, 0.05) is 11.8 Å². The van der Waals surface area contributed by atoms with Crippen molar-refractivity contribution in [2.75, 3.05) is 18.3 Å². The molecule has 2 saturated heterocycles. The number of benzene rings is 1. The first-order valence-electron chi connectivity index (χ1n) is 15.9. The lowest BCUT2D eigenvalue weighted by Gasteiger charge is -2.28. The summed E-state index contributed by atoms with van der Waals surface area (Å²) in [6.07, 6.45) is 6.77. The number of cyclic esters (lactones) is 1. The van der Waals surface area contributed by atoms with Crippen LogP contribution in [0.1, 0.15) is 97.1 Å². The fraction of sp³-hybridized carbons (Fsp3) is 0.657. The van der Waals surface area contributed by atoms with Crippen molar-refractivity contribution >= 4 is 23.8 Å². The molecule has 0 spiro atoms. The first-order valence-corrected chi connectivity index (χ1v) is 15.9. The van der Waals surface area contributed by atoms with Gasteiger partial charge in [-0.2, -0.15) is 5.06 Å². The Morgan fingerprint density at radius 1 is 1.00 bits per heavy atom. The molecule has 250 valence electrons. The molecular formula is C35H51NO9. The van der Waals surface area contributed by atoms with Crippen molar-refractivity contribution in [1.82, 2.24) is 0 Å². The topological polar surface area (TPSA) is 102 Å². The van der Waals surface area contributed by atoms with E-state index in [0.29, 0.717) is 35.4 Å². The van der Waals surface area contributed by atoms with Crippen LogP contribution in [0.3, 0.4) is 0 Å². The van der Waals surface area contributed by atoms with Crippen molar-refractivity contribution in [3.8, 4) is 0 Å². The summed E-state index contributed by atoms with van der Waals surface area (Å²) in [5.41, 5.74) is 1.22. The number of fused-ring (bicyclic) bond motifs is 2. The highest BCUT2D eigenvalue weighted by atomic mass is 16.8. The average Bonchev–Trinajstić information content (AvgIpc) is 3.42. The van der Waals surface area contributed by atoms with E-state index >= 15 is 0 Å². The standard InChI is InChI=1S/C35H51NO9/c1-21-15-16-22(2)30-28(43-35(10,11)44-30)14-12-13-25-18-26(17-23(3)29(25)31(37)41-24(21)4)36(32(38)45-33(5,6)7)40-20-27-19-39-34(8,9)42-27/h12-13,15-18,21-22,24,27-28,30H,14,19-20H2,1-11H3/b13-12?,16-15-/t21-,22?,24+,27-,28+,30-/m1/s1. The third-order valence-electron chi connectivity index (χ3n) is 7.96. The van der Waals surface area contributed by atoms with E-state index in [1.165, 1.54) is 0 Å². The SMILES string of the molecule is Cc1cc(N(OC[C@H]2COC(C)(C)O2)C(=O)OC(C)(C)C)cc2c1C(=O)O[C@@H](C)[C@H](C)/C=C\C(C)[C@H]1OC(C)(C)O[C@H]1CC=C2. The smallest absolute Gasteiger partial charge is 0.439 e. The number of esters is 1. The Morgan fingerprint density at radius 3 is 2.33 bits per heavy atom. The fourth-order valence-electron chi connectivity index (χ4n) is 5.63. The molecule has 6 atom stereocenters. The van der Waals surface area contributed by atoms with Crippen LogP contribution in [0, 0.1) is 18.8 Å². The molecule has 3 heterocycles. The van der Waals surface area contributed by atoms with E-state index in [0.717, 1.165) is 5.06 Å². The molecule has 0 N–H and O–H groups in total. The summed E-state index contributed by atoms with van der Waals surface area (Å²) in [6.45, 7) is 21.1. The van der Waals surface area contributed by atoms with Crippen molar-refractivity contribution in [3.63, 3.8) is 0 Å². The van der Waals surface area contributed by atoms with E-state index in [9.17, 15) is 9.59 Å².